The van der Waals surface area contributed by atoms with E-state index in [-0.39, 0.29) is 0 Å². The quantitative estimate of drug-likeness (QED) is 0.629. The van der Waals surface area contributed by atoms with Crippen LogP contribution >= 0.6 is 0 Å². The highest BCUT2D eigenvalue weighted by Gasteiger charge is 2.42. The van der Waals surface area contributed by atoms with Crippen LogP contribution < -0.4 is 5.32 Å². The van der Waals surface area contributed by atoms with Crippen LogP contribution in [0.25, 0.3) is 0 Å². The van der Waals surface area contributed by atoms with Crippen LogP contribution in [0.5, 0.6) is 0 Å². The lowest BCUT2D eigenvalue weighted by Crippen LogP contribution is -2.46. The van der Waals surface area contributed by atoms with Gasteiger partial charge in [0, 0.05) is 18.6 Å². The molecule has 0 aromatic carbocycles. The second-order valence-corrected chi connectivity index (χ2v) is 4.85. The van der Waals surface area contributed by atoms with Gasteiger partial charge in [0.25, 0.3) is 0 Å². The van der Waals surface area contributed by atoms with Crippen LogP contribution in [-0.2, 0) is 0 Å². The van der Waals surface area contributed by atoms with Gasteiger partial charge >= 0.3 is 0 Å². The van der Waals surface area contributed by atoms with E-state index in [1.54, 1.807) is 0 Å². The molecule has 3 aliphatic rings. The Labute approximate surface area is 85.6 Å². The van der Waals surface area contributed by atoms with Gasteiger partial charge in [-0.1, -0.05) is 12.8 Å². The highest BCUT2D eigenvalue weighted by molar-refractivity contribution is 5.84. The zero-order chi connectivity index (χ0) is 9.54. The molecular formula is C11H19N3. The molecule has 3 atom stereocenters. The molecule has 1 N–H and O–H groups in total. The number of rotatable bonds is 0. The predicted molar refractivity (Wildman–Crippen MR) is 57.4 cm³/mol. The molecule has 3 rings (SSSR count). The van der Waals surface area contributed by atoms with Crippen molar-refractivity contribution in [1.82, 2.24) is 10.2 Å². The normalized spacial score (nSPS) is 41.1. The van der Waals surface area contributed by atoms with Crippen LogP contribution in [0.1, 0.15) is 39.0 Å². The van der Waals surface area contributed by atoms with Crippen LogP contribution in [-0.4, -0.2) is 35.5 Å². The minimum absolute atomic E-state index is 0.697. The molecule has 0 aromatic rings. The predicted octanol–water partition coefficient (Wildman–Crippen LogP) is 1.35. The first-order valence-corrected chi connectivity index (χ1v) is 5.95. The van der Waals surface area contributed by atoms with Crippen molar-refractivity contribution in [2.75, 3.05) is 6.54 Å². The van der Waals surface area contributed by atoms with Crippen LogP contribution in [0.3, 0.4) is 0 Å². The Hall–Kier alpha value is -0.730. The molecule has 3 nitrogen and oxygen atoms in total. The molecule has 0 radical (unpaired) electrons. The van der Waals surface area contributed by atoms with Crippen molar-refractivity contribution >= 4 is 5.96 Å². The minimum atomic E-state index is 0.697. The van der Waals surface area contributed by atoms with Gasteiger partial charge in [-0.05, 0) is 26.2 Å². The molecule has 0 spiro atoms. The lowest BCUT2D eigenvalue weighted by molar-refractivity contribution is 0.197. The fourth-order valence-electron chi connectivity index (χ4n) is 3.17. The Morgan fingerprint density at radius 2 is 2.14 bits per heavy atom. The first-order valence-electron chi connectivity index (χ1n) is 5.95. The SMILES string of the molecule is CC1CCN=C2NC3CCCCC3N21. The first-order chi connectivity index (χ1) is 6.86. The number of nitrogens with one attached hydrogen (secondary N) is 1. The van der Waals surface area contributed by atoms with Gasteiger partial charge in [-0.3, -0.25) is 4.99 Å². The molecule has 1 aliphatic carbocycles. The monoisotopic (exact) mass is 193 g/mol. The largest absolute Gasteiger partial charge is 0.351 e. The molecule has 3 unspecified atom stereocenters. The van der Waals surface area contributed by atoms with Gasteiger partial charge in [0.05, 0.1) is 6.04 Å². The molecule has 0 aromatic heterocycles. The van der Waals surface area contributed by atoms with E-state index < -0.39 is 0 Å². The van der Waals surface area contributed by atoms with E-state index in [9.17, 15) is 0 Å². The van der Waals surface area contributed by atoms with Gasteiger partial charge in [0.15, 0.2) is 5.96 Å². The maximum Gasteiger partial charge on any atom is 0.194 e. The van der Waals surface area contributed by atoms with Crippen molar-refractivity contribution in [3.63, 3.8) is 0 Å². The number of hydrogen-bond acceptors (Lipinski definition) is 3. The molecule has 3 heteroatoms. The maximum absolute atomic E-state index is 4.60. The fraction of sp³-hybridized carbons (Fsp3) is 0.909. The van der Waals surface area contributed by atoms with E-state index in [1.807, 2.05) is 0 Å². The van der Waals surface area contributed by atoms with Gasteiger partial charge in [0.2, 0.25) is 0 Å². The Morgan fingerprint density at radius 3 is 3.07 bits per heavy atom. The van der Waals surface area contributed by atoms with Gasteiger partial charge in [-0.25, -0.2) is 0 Å². The summed E-state index contributed by atoms with van der Waals surface area (Å²) in [5.41, 5.74) is 0. The van der Waals surface area contributed by atoms with Gasteiger partial charge in [-0.2, -0.15) is 0 Å². The summed E-state index contributed by atoms with van der Waals surface area (Å²) < 4.78 is 0. The molecular weight excluding hydrogens is 174 g/mol. The van der Waals surface area contributed by atoms with E-state index in [2.05, 4.69) is 22.1 Å². The highest BCUT2D eigenvalue weighted by Crippen LogP contribution is 2.31. The Morgan fingerprint density at radius 1 is 1.29 bits per heavy atom. The molecule has 0 bridgehead atoms. The zero-order valence-electron chi connectivity index (χ0n) is 8.87. The van der Waals surface area contributed by atoms with E-state index in [4.69, 9.17) is 0 Å². The summed E-state index contributed by atoms with van der Waals surface area (Å²) in [6.07, 6.45) is 6.73. The van der Waals surface area contributed by atoms with Crippen molar-refractivity contribution in [2.45, 2.75) is 57.2 Å². The Balaban J connectivity index is 1.88. The van der Waals surface area contributed by atoms with E-state index >= 15 is 0 Å². The second kappa shape index (κ2) is 3.14. The minimum Gasteiger partial charge on any atom is -0.351 e. The van der Waals surface area contributed by atoms with Crippen molar-refractivity contribution in [3.8, 4) is 0 Å². The van der Waals surface area contributed by atoms with Crippen molar-refractivity contribution < 1.29 is 0 Å². The summed E-state index contributed by atoms with van der Waals surface area (Å²) in [5.74, 6) is 1.20. The summed E-state index contributed by atoms with van der Waals surface area (Å²) in [7, 11) is 0. The molecule has 1 saturated carbocycles. The van der Waals surface area contributed by atoms with Crippen LogP contribution in [0.15, 0.2) is 4.99 Å². The third kappa shape index (κ3) is 1.14. The van der Waals surface area contributed by atoms with Crippen molar-refractivity contribution in [1.29, 1.82) is 0 Å². The molecule has 1 saturated heterocycles. The summed E-state index contributed by atoms with van der Waals surface area (Å²) in [5, 5.41) is 3.60. The van der Waals surface area contributed by atoms with Gasteiger partial charge in [-0.15, -0.1) is 0 Å². The van der Waals surface area contributed by atoms with Crippen LogP contribution in [0.4, 0.5) is 0 Å². The maximum atomic E-state index is 4.60. The standard InChI is InChI=1S/C11H19N3/c1-8-6-7-12-11-13-9-4-2-3-5-10(9)14(8)11/h8-10H,2-7H2,1H3,(H,12,13). The number of fused-ring (bicyclic) bond motifs is 3. The number of nitrogens with zero attached hydrogens (tertiary/aromatic N) is 2. The van der Waals surface area contributed by atoms with Gasteiger partial charge in [0.1, 0.15) is 0 Å². The number of aliphatic imine (C=N–C) groups is 1. The van der Waals surface area contributed by atoms with E-state index in [0.717, 1.165) is 12.6 Å². The second-order valence-electron chi connectivity index (χ2n) is 4.85. The summed E-state index contributed by atoms with van der Waals surface area (Å²) >= 11 is 0. The topological polar surface area (TPSA) is 27.6 Å². The van der Waals surface area contributed by atoms with Crippen molar-refractivity contribution in [3.05, 3.63) is 0 Å². The zero-order valence-corrected chi connectivity index (χ0v) is 8.87. The smallest absolute Gasteiger partial charge is 0.194 e. The average Bonchev–Trinajstić information content (AvgIpc) is 2.57. The number of guanidine groups is 1. The molecule has 0 amide bonds. The van der Waals surface area contributed by atoms with Crippen LogP contribution in [0.2, 0.25) is 0 Å². The first kappa shape index (κ1) is 8.57. The molecule has 78 valence electrons. The van der Waals surface area contributed by atoms with Crippen LogP contribution in [0, 0.1) is 0 Å². The summed E-state index contributed by atoms with van der Waals surface area (Å²) in [6, 6.07) is 2.14. The third-order valence-electron chi connectivity index (χ3n) is 3.93. The van der Waals surface area contributed by atoms with Gasteiger partial charge < -0.3 is 10.2 Å². The van der Waals surface area contributed by atoms with Crippen molar-refractivity contribution in [2.24, 2.45) is 4.99 Å². The number of hydrogen-bond donors (Lipinski definition) is 1. The molecule has 14 heavy (non-hydrogen) atoms. The van der Waals surface area contributed by atoms with E-state index in [0.29, 0.717) is 12.1 Å². The molecule has 2 heterocycles. The molecule has 2 aliphatic heterocycles. The summed E-state index contributed by atoms with van der Waals surface area (Å²) in [6.45, 7) is 3.35. The molecule has 2 fully saturated rings. The summed E-state index contributed by atoms with van der Waals surface area (Å²) in [4.78, 5) is 7.15. The highest BCUT2D eigenvalue weighted by atomic mass is 15.4. The Bertz CT molecular complexity index is 261. The fourth-order valence-corrected chi connectivity index (χ4v) is 3.17. The van der Waals surface area contributed by atoms with E-state index in [1.165, 1.54) is 38.1 Å². The lowest BCUT2D eigenvalue weighted by Gasteiger charge is -2.36. The average molecular weight is 193 g/mol. The third-order valence-corrected chi connectivity index (χ3v) is 3.93. The lowest BCUT2D eigenvalue weighted by atomic mass is 9.90. The Kier molecular flexibility index (Phi) is 1.92.